The van der Waals surface area contributed by atoms with Gasteiger partial charge in [-0.15, -0.1) is 0 Å². The first-order valence-corrected chi connectivity index (χ1v) is 9.67. The van der Waals surface area contributed by atoms with Crippen molar-refractivity contribution in [2.75, 3.05) is 6.54 Å². The highest BCUT2D eigenvalue weighted by molar-refractivity contribution is 5.90. The minimum atomic E-state index is -0.558. The number of halogens is 1. The lowest BCUT2D eigenvalue weighted by molar-refractivity contribution is -0.124. The summed E-state index contributed by atoms with van der Waals surface area (Å²) in [6.45, 7) is 5.99. The summed E-state index contributed by atoms with van der Waals surface area (Å²) in [5, 5.41) is 9.46. The zero-order valence-corrected chi connectivity index (χ0v) is 16.7. The molecule has 0 aliphatic heterocycles. The molecule has 0 aliphatic rings. The van der Waals surface area contributed by atoms with Crippen LogP contribution in [-0.2, 0) is 17.8 Å². The van der Waals surface area contributed by atoms with Crippen LogP contribution < -0.4 is 5.48 Å². The van der Waals surface area contributed by atoms with Crippen LogP contribution in [0, 0.1) is 5.82 Å². The SMILES string of the molecule is CC(C)N(CCc1c[nH]c2ccc(F)cc12)Cc1ccc(/C=C/C(=O)NO)cc1. The molecule has 1 amide bonds. The van der Waals surface area contributed by atoms with Gasteiger partial charge in [-0.3, -0.25) is 14.9 Å². The Labute approximate surface area is 169 Å². The van der Waals surface area contributed by atoms with Crippen molar-refractivity contribution in [2.45, 2.75) is 32.9 Å². The van der Waals surface area contributed by atoms with Crippen LogP contribution in [0.15, 0.2) is 54.7 Å². The molecule has 3 N–H and O–H groups in total. The first-order chi connectivity index (χ1) is 14.0. The lowest BCUT2D eigenvalue weighted by Crippen LogP contribution is -2.32. The van der Waals surface area contributed by atoms with Crippen molar-refractivity contribution in [2.24, 2.45) is 0 Å². The standard InChI is InChI=1S/C23H26FN3O2/c1-16(2)27(12-11-19-14-25-22-9-8-20(24)13-21(19)22)15-18-5-3-17(4-6-18)7-10-23(28)26-29/h3-10,13-14,16,25,29H,11-12,15H2,1-2H3,(H,26,28)/b10-7+. The Balaban J connectivity index is 1.65. The van der Waals surface area contributed by atoms with Crippen LogP contribution >= 0.6 is 0 Å². The predicted molar refractivity (Wildman–Crippen MR) is 113 cm³/mol. The molecular weight excluding hydrogens is 369 g/mol. The molecule has 1 heterocycles. The quantitative estimate of drug-likeness (QED) is 0.303. The zero-order chi connectivity index (χ0) is 20.8. The van der Waals surface area contributed by atoms with E-state index in [9.17, 15) is 9.18 Å². The second kappa shape index (κ2) is 9.49. The van der Waals surface area contributed by atoms with E-state index >= 15 is 0 Å². The number of rotatable bonds is 8. The second-order valence-corrected chi connectivity index (χ2v) is 7.37. The summed E-state index contributed by atoms with van der Waals surface area (Å²) >= 11 is 0. The predicted octanol–water partition coefficient (Wildman–Crippen LogP) is 4.28. The molecule has 29 heavy (non-hydrogen) atoms. The Hall–Kier alpha value is -2.96. The third kappa shape index (κ3) is 5.53. The van der Waals surface area contributed by atoms with Gasteiger partial charge < -0.3 is 4.98 Å². The maximum Gasteiger partial charge on any atom is 0.267 e. The zero-order valence-electron chi connectivity index (χ0n) is 16.7. The number of nitrogens with zero attached hydrogens (tertiary/aromatic N) is 1. The Morgan fingerprint density at radius 1 is 1.24 bits per heavy atom. The van der Waals surface area contributed by atoms with Crippen molar-refractivity contribution in [3.05, 3.63) is 77.2 Å². The van der Waals surface area contributed by atoms with Crippen molar-refractivity contribution in [3.63, 3.8) is 0 Å². The lowest BCUT2D eigenvalue weighted by Gasteiger charge is -2.26. The van der Waals surface area contributed by atoms with Gasteiger partial charge in [-0.2, -0.15) is 0 Å². The molecule has 3 rings (SSSR count). The summed E-state index contributed by atoms with van der Waals surface area (Å²) in [5.74, 6) is -0.776. The van der Waals surface area contributed by atoms with E-state index < -0.39 is 5.91 Å². The Morgan fingerprint density at radius 3 is 2.69 bits per heavy atom. The summed E-state index contributed by atoms with van der Waals surface area (Å²) in [5.41, 5.74) is 5.70. The molecule has 0 radical (unpaired) electrons. The van der Waals surface area contributed by atoms with Crippen LogP contribution in [0.25, 0.3) is 17.0 Å². The Bertz CT molecular complexity index is 993. The minimum Gasteiger partial charge on any atom is -0.361 e. The van der Waals surface area contributed by atoms with Crippen LogP contribution in [0.1, 0.15) is 30.5 Å². The van der Waals surface area contributed by atoms with Crippen molar-refractivity contribution in [1.82, 2.24) is 15.4 Å². The fraction of sp³-hybridized carbons (Fsp3) is 0.261. The van der Waals surface area contributed by atoms with Gasteiger partial charge in [0.05, 0.1) is 0 Å². The number of aromatic amines is 1. The van der Waals surface area contributed by atoms with Crippen molar-refractivity contribution < 1.29 is 14.4 Å². The van der Waals surface area contributed by atoms with Gasteiger partial charge in [0, 0.05) is 42.3 Å². The molecule has 0 saturated carbocycles. The van der Waals surface area contributed by atoms with E-state index in [0.717, 1.165) is 41.5 Å². The third-order valence-electron chi connectivity index (χ3n) is 5.03. The molecular formula is C23H26FN3O2. The number of hydroxylamine groups is 1. The van der Waals surface area contributed by atoms with E-state index in [-0.39, 0.29) is 5.82 Å². The van der Waals surface area contributed by atoms with E-state index in [0.29, 0.717) is 6.04 Å². The molecule has 5 nitrogen and oxygen atoms in total. The molecule has 0 saturated heterocycles. The van der Waals surface area contributed by atoms with Gasteiger partial charge in [0.15, 0.2) is 0 Å². The van der Waals surface area contributed by atoms with Crippen molar-refractivity contribution in [1.29, 1.82) is 0 Å². The van der Waals surface area contributed by atoms with Gasteiger partial charge in [0.1, 0.15) is 5.82 Å². The van der Waals surface area contributed by atoms with E-state index in [1.807, 2.05) is 30.5 Å². The van der Waals surface area contributed by atoms with Crippen LogP contribution in [0.5, 0.6) is 0 Å². The average molecular weight is 395 g/mol. The number of nitrogens with one attached hydrogen (secondary N) is 2. The smallest absolute Gasteiger partial charge is 0.267 e. The first-order valence-electron chi connectivity index (χ1n) is 9.67. The number of hydrogen-bond acceptors (Lipinski definition) is 3. The number of H-pyrrole nitrogens is 1. The fourth-order valence-electron chi connectivity index (χ4n) is 3.32. The summed E-state index contributed by atoms with van der Waals surface area (Å²) in [4.78, 5) is 16.7. The summed E-state index contributed by atoms with van der Waals surface area (Å²) in [6.07, 6.45) is 5.72. The molecule has 1 aromatic heterocycles. The first kappa shape index (κ1) is 20.8. The van der Waals surface area contributed by atoms with Crippen LogP contribution in [0.3, 0.4) is 0 Å². The Morgan fingerprint density at radius 2 is 2.00 bits per heavy atom. The molecule has 2 aromatic carbocycles. The third-order valence-corrected chi connectivity index (χ3v) is 5.03. The molecule has 152 valence electrons. The number of carbonyl (C=O) groups is 1. The van der Waals surface area contributed by atoms with Gasteiger partial charge in [-0.05, 0) is 61.2 Å². The highest BCUT2D eigenvalue weighted by atomic mass is 19.1. The van der Waals surface area contributed by atoms with E-state index in [4.69, 9.17) is 5.21 Å². The average Bonchev–Trinajstić information content (AvgIpc) is 3.12. The van der Waals surface area contributed by atoms with E-state index in [2.05, 4.69) is 23.7 Å². The monoisotopic (exact) mass is 395 g/mol. The van der Waals surface area contributed by atoms with Crippen LogP contribution in [0.2, 0.25) is 0 Å². The van der Waals surface area contributed by atoms with Gasteiger partial charge in [-0.1, -0.05) is 24.3 Å². The molecule has 0 aliphatic carbocycles. The van der Waals surface area contributed by atoms with Gasteiger partial charge in [-0.25, -0.2) is 9.87 Å². The number of amides is 1. The molecule has 0 unspecified atom stereocenters. The van der Waals surface area contributed by atoms with Crippen molar-refractivity contribution >= 4 is 22.9 Å². The fourth-order valence-corrected chi connectivity index (χ4v) is 3.32. The molecule has 0 spiro atoms. The maximum atomic E-state index is 13.6. The van der Waals surface area contributed by atoms with Gasteiger partial charge in [0.25, 0.3) is 5.91 Å². The topological polar surface area (TPSA) is 68.4 Å². The highest BCUT2D eigenvalue weighted by Crippen LogP contribution is 2.21. The van der Waals surface area contributed by atoms with E-state index in [1.54, 1.807) is 23.7 Å². The van der Waals surface area contributed by atoms with Gasteiger partial charge in [0.2, 0.25) is 0 Å². The summed E-state index contributed by atoms with van der Waals surface area (Å²) in [7, 11) is 0. The van der Waals surface area contributed by atoms with Crippen LogP contribution in [-0.4, -0.2) is 33.6 Å². The molecule has 3 aromatic rings. The number of hydrogen-bond donors (Lipinski definition) is 3. The second-order valence-electron chi connectivity index (χ2n) is 7.37. The lowest BCUT2D eigenvalue weighted by atomic mass is 10.1. The molecule has 0 fully saturated rings. The molecule has 0 atom stereocenters. The number of aromatic nitrogens is 1. The summed E-state index contributed by atoms with van der Waals surface area (Å²) < 4.78 is 13.6. The largest absolute Gasteiger partial charge is 0.361 e. The highest BCUT2D eigenvalue weighted by Gasteiger charge is 2.12. The Kier molecular flexibility index (Phi) is 6.80. The maximum absolute atomic E-state index is 13.6. The number of fused-ring (bicyclic) bond motifs is 1. The molecule has 6 heteroatoms. The van der Waals surface area contributed by atoms with Crippen molar-refractivity contribution in [3.8, 4) is 0 Å². The number of carbonyl (C=O) groups excluding carboxylic acids is 1. The van der Waals surface area contributed by atoms with Gasteiger partial charge >= 0.3 is 0 Å². The minimum absolute atomic E-state index is 0.218. The molecule has 0 bridgehead atoms. The number of benzene rings is 2. The summed E-state index contributed by atoms with van der Waals surface area (Å²) in [6, 6.07) is 13.1. The normalized spacial score (nSPS) is 11.8. The van der Waals surface area contributed by atoms with E-state index in [1.165, 1.54) is 17.7 Å². The van der Waals surface area contributed by atoms with Crippen LogP contribution in [0.4, 0.5) is 4.39 Å².